The molecule has 6 nitrogen and oxygen atoms in total. The van der Waals surface area contributed by atoms with E-state index in [1.165, 1.54) is 0 Å². The Morgan fingerprint density at radius 3 is 2.38 bits per heavy atom. The molecule has 1 heterocycles. The maximum absolute atomic E-state index is 13.4. The molecule has 0 spiro atoms. The number of halogens is 1. The van der Waals surface area contributed by atoms with Crippen molar-refractivity contribution in [2.45, 2.75) is 78.0 Å². The Bertz CT molecular complexity index is 826. The van der Waals surface area contributed by atoms with Gasteiger partial charge < -0.3 is 20.6 Å². The number of hydrogen-bond acceptors (Lipinski definition) is 3. The molecule has 1 aromatic carbocycles. The van der Waals surface area contributed by atoms with Crippen LogP contribution in [0.25, 0.3) is 0 Å². The van der Waals surface area contributed by atoms with Gasteiger partial charge in [0.05, 0.1) is 5.60 Å². The van der Waals surface area contributed by atoms with Gasteiger partial charge in [0, 0.05) is 29.6 Å². The zero-order chi connectivity index (χ0) is 23.7. The first-order chi connectivity index (χ1) is 14.9. The van der Waals surface area contributed by atoms with Crippen molar-refractivity contribution in [1.29, 1.82) is 0 Å². The highest BCUT2D eigenvalue weighted by Crippen LogP contribution is 2.46. The number of benzene rings is 1. The van der Waals surface area contributed by atoms with E-state index in [0.717, 1.165) is 24.8 Å². The lowest BCUT2D eigenvalue weighted by Gasteiger charge is -2.51. The molecule has 1 saturated carbocycles. The Morgan fingerprint density at radius 2 is 1.84 bits per heavy atom. The minimum atomic E-state index is -1.06. The van der Waals surface area contributed by atoms with Gasteiger partial charge in [-0.15, -0.1) is 0 Å². The fourth-order valence-electron chi connectivity index (χ4n) is 5.19. The molecule has 0 bridgehead atoms. The third kappa shape index (κ3) is 5.23. The normalized spacial score (nSPS) is 28.4. The summed E-state index contributed by atoms with van der Waals surface area (Å²) in [6, 6.07) is 6.57. The smallest absolute Gasteiger partial charge is 0.315 e. The molecule has 1 aromatic rings. The van der Waals surface area contributed by atoms with Crippen molar-refractivity contribution >= 4 is 23.5 Å². The largest absolute Gasteiger partial charge is 0.384 e. The number of urea groups is 1. The summed E-state index contributed by atoms with van der Waals surface area (Å²) < 4.78 is 0. The van der Waals surface area contributed by atoms with Crippen molar-refractivity contribution in [3.63, 3.8) is 0 Å². The topological polar surface area (TPSA) is 81.7 Å². The number of nitrogens with zero attached hydrogens (tertiary/aromatic N) is 1. The number of aliphatic hydroxyl groups is 1. The van der Waals surface area contributed by atoms with Crippen LogP contribution in [0.5, 0.6) is 0 Å². The molecular formula is C25H38ClN3O3. The highest BCUT2D eigenvalue weighted by Gasteiger charge is 2.50. The average Bonchev–Trinajstić information content (AvgIpc) is 3.12. The van der Waals surface area contributed by atoms with E-state index in [4.69, 9.17) is 11.6 Å². The second-order valence-corrected chi connectivity index (χ2v) is 11.2. The number of carbonyl (C=O) groups excluding carboxylic acids is 2. The maximum Gasteiger partial charge on any atom is 0.315 e. The van der Waals surface area contributed by atoms with Crippen LogP contribution < -0.4 is 10.6 Å². The first-order valence-corrected chi connectivity index (χ1v) is 12.1. The van der Waals surface area contributed by atoms with Gasteiger partial charge in [0.2, 0.25) is 5.91 Å². The first-order valence-electron chi connectivity index (χ1n) is 11.8. The lowest BCUT2D eigenvalue weighted by molar-refractivity contribution is -0.155. The molecule has 178 valence electrons. The van der Waals surface area contributed by atoms with Crippen molar-refractivity contribution in [2.24, 2.45) is 17.3 Å². The molecule has 1 unspecified atom stereocenters. The van der Waals surface area contributed by atoms with Crippen LogP contribution in [0, 0.1) is 17.3 Å². The molecule has 0 radical (unpaired) electrons. The molecule has 3 rings (SSSR count). The van der Waals surface area contributed by atoms with Crippen LogP contribution >= 0.6 is 11.6 Å². The van der Waals surface area contributed by atoms with Gasteiger partial charge in [-0.2, -0.15) is 0 Å². The lowest BCUT2D eigenvalue weighted by atomic mass is 9.66. The van der Waals surface area contributed by atoms with Crippen LogP contribution in [-0.2, 0) is 10.4 Å². The summed E-state index contributed by atoms with van der Waals surface area (Å²) in [5.74, 6) is 0.481. The van der Waals surface area contributed by atoms with E-state index in [1.807, 2.05) is 39.8 Å². The molecule has 1 saturated heterocycles. The number of amides is 3. The van der Waals surface area contributed by atoms with Crippen LogP contribution in [0.1, 0.15) is 65.9 Å². The number of hydrogen-bond donors (Lipinski definition) is 3. The molecule has 1 aliphatic carbocycles. The van der Waals surface area contributed by atoms with E-state index >= 15 is 0 Å². The van der Waals surface area contributed by atoms with Crippen molar-refractivity contribution in [3.05, 3.63) is 34.9 Å². The van der Waals surface area contributed by atoms with Gasteiger partial charge in [0.1, 0.15) is 6.04 Å². The molecule has 0 aromatic heterocycles. The van der Waals surface area contributed by atoms with Crippen LogP contribution in [-0.4, -0.2) is 47.1 Å². The lowest BCUT2D eigenvalue weighted by Crippen LogP contribution is -2.61. The summed E-state index contributed by atoms with van der Waals surface area (Å²) >= 11 is 6.02. The van der Waals surface area contributed by atoms with Crippen LogP contribution in [0.3, 0.4) is 0 Å². The molecular weight excluding hydrogens is 426 g/mol. The van der Waals surface area contributed by atoms with E-state index in [1.54, 1.807) is 17.0 Å². The summed E-state index contributed by atoms with van der Waals surface area (Å²) in [4.78, 5) is 27.8. The number of piperidine rings is 1. The second-order valence-electron chi connectivity index (χ2n) is 10.7. The van der Waals surface area contributed by atoms with E-state index in [0.29, 0.717) is 30.5 Å². The third-order valence-corrected chi connectivity index (χ3v) is 7.58. The summed E-state index contributed by atoms with van der Waals surface area (Å²) in [7, 11) is 0. The molecule has 32 heavy (non-hydrogen) atoms. The van der Waals surface area contributed by atoms with Crippen molar-refractivity contribution in [2.75, 3.05) is 13.1 Å². The van der Waals surface area contributed by atoms with Crippen molar-refractivity contribution in [1.82, 2.24) is 15.5 Å². The zero-order valence-corrected chi connectivity index (χ0v) is 20.7. The summed E-state index contributed by atoms with van der Waals surface area (Å²) in [5.41, 5.74) is -0.827. The van der Waals surface area contributed by atoms with E-state index in [9.17, 15) is 14.7 Å². The minimum Gasteiger partial charge on any atom is -0.384 e. The van der Waals surface area contributed by atoms with E-state index < -0.39 is 17.1 Å². The Labute approximate surface area is 197 Å². The van der Waals surface area contributed by atoms with Crippen molar-refractivity contribution < 1.29 is 14.7 Å². The van der Waals surface area contributed by atoms with E-state index in [-0.39, 0.29) is 23.9 Å². The molecule has 4 atom stereocenters. The molecule has 2 aliphatic rings. The van der Waals surface area contributed by atoms with Gasteiger partial charge in [-0.3, -0.25) is 4.79 Å². The predicted octanol–water partition coefficient (Wildman–Crippen LogP) is 4.30. The summed E-state index contributed by atoms with van der Waals surface area (Å²) in [6.07, 6.45) is 3.51. The van der Waals surface area contributed by atoms with Crippen LogP contribution in [0.2, 0.25) is 5.02 Å². The standard InChI is InChI=1S/C25H38ClN3O3/c1-16(2)21(28-23(31)27-20-11-6-17(3)14-20)22(30)29-13-12-25(32,24(4,5)15-29)18-7-9-19(26)10-8-18/h7-10,16-17,20-21,32H,6,11-15H2,1-5H3,(H2,27,28,31)/t17-,20?,21-,25+/m1/s1. The third-order valence-electron chi connectivity index (χ3n) is 7.33. The highest BCUT2D eigenvalue weighted by atomic mass is 35.5. The fourth-order valence-corrected chi connectivity index (χ4v) is 5.31. The van der Waals surface area contributed by atoms with Gasteiger partial charge >= 0.3 is 6.03 Å². The monoisotopic (exact) mass is 463 g/mol. The molecule has 7 heteroatoms. The number of likely N-dealkylation sites (tertiary alicyclic amines) is 1. The molecule has 3 N–H and O–H groups in total. The van der Waals surface area contributed by atoms with Crippen LogP contribution in [0.15, 0.2) is 24.3 Å². The van der Waals surface area contributed by atoms with Gasteiger partial charge in [0.15, 0.2) is 0 Å². The van der Waals surface area contributed by atoms with Gasteiger partial charge in [0.25, 0.3) is 0 Å². The highest BCUT2D eigenvalue weighted by molar-refractivity contribution is 6.30. The van der Waals surface area contributed by atoms with E-state index in [2.05, 4.69) is 17.6 Å². The minimum absolute atomic E-state index is 0.0454. The van der Waals surface area contributed by atoms with Crippen LogP contribution in [0.4, 0.5) is 4.79 Å². The number of nitrogens with one attached hydrogen (secondary N) is 2. The average molecular weight is 464 g/mol. The number of carbonyl (C=O) groups is 2. The van der Waals surface area contributed by atoms with Gasteiger partial charge in [-0.1, -0.05) is 58.4 Å². The fraction of sp³-hybridized carbons (Fsp3) is 0.680. The second kappa shape index (κ2) is 9.60. The first kappa shape index (κ1) is 24.8. The quantitative estimate of drug-likeness (QED) is 0.608. The summed E-state index contributed by atoms with van der Waals surface area (Å²) in [5, 5.41) is 18.2. The SMILES string of the molecule is CC(C)[C@@H](NC(=O)NC1CC[C@@H](C)C1)C(=O)N1CC[C@](O)(c2ccc(Cl)cc2)C(C)(C)C1. The molecule has 2 fully saturated rings. The molecule has 1 aliphatic heterocycles. The number of rotatable bonds is 5. The van der Waals surface area contributed by atoms with Gasteiger partial charge in [-0.25, -0.2) is 4.79 Å². The summed E-state index contributed by atoms with van der Waals surface area (Å²) in [6.45, 7) is 10.9. The Morgan fingerprint density at radius 1 is 1.19 bits per heavy atom. The Kier molecular flexibility index (Phi) is 7.45. The Balaban J connectivity index is 1.67. The zero-order valence-electron chi connectivity index (χ0n) is 20.0. The maximum atomic E-state index is 13.4. The Hall–Kier alpha value is -1.79. The predicted molar refractivity (Wildman–Crippen MR) is 127 cm³/mol. The molecule has 3 amide bonds. The van der Waals surface area contributed by atoms with Crippen molar-refractivity contribution in [3.8, 4) is 0 Å². The van der Waals surface area contributed by atoms with Gasteiger partial charge in [-0.05, 0) is 55.2 Å².